The Kier molecular flexibility index (Phi) is 4.30. The maximum Gasteiger partial charge on any atom is 0.318 e. The number of likely N-dealkylation sites (tertiary alicyclic amines) is 1. The van der Waals surface area contributed by atoms with Gasteiger partial charge in [-0.15, -0.1) is 11.3 Å². The predicted molar refractivity (Wildman–Crippen MR) is 92.6 cm³/mol. The number of urea groups is 1. The summed E-state index contributed by atoms with van der Waals surface area (Å²) in [5.74, 6) is 1.03. The van der Waals surface area contributed by atoms with E-state index in [0.717, 1.165) is 12.8 Å². The lowest BCUT2D eigenvalue weighted by Gasteiger charge is -2.33. The van der Waals surface area contributed by atoms with E-state index in [1.165, 1.54) is 11.3 Å². The van der Waals surface area contributed by atoms with E-state index in [1.54, 1.807) is 40.8 Å². The van der Waals surface area contributed by atoms with Crippen molar-refractivity contribution < 1.29 is 17.6 Å². The van der Waals surface area contributed by atoms with E-state index < -0.39 is 10.0 Å². The monoisotopic (exact) mass is 381 g/mol. The first-order valence-corrected chi connectivity index (χ1v) is 10.5. The Bertz CT molecular complexity index is 833. The van der Waals surface area contributed by atoms with Crippen molar-refractivity contribution in [3.8, 4) is 0 Å². The van der Waals surface area contributed by atoms with Crippen LogP contribution in [0.1, 0.15) is 18.6 Å². The molecule has 0 radical (unpaired) electrons. The number of nitrogens with zero attached hydrogens (tertiary/aromatic N) is 1. The molecule has 1 saturated carbocycles. The second-order valence-corrected chi connectivity index (χ2v) is 9.34. The smallest absolute Gasteiger partial charge is 0.318 e. The number of hydrogen-bond donors (Lipinski definition) is 2. The van der Waals surface area contributed by atoms with Crippen LogP contribution in [0.3, 0.4) is 0 Å². The van der Waals surface area contributed by atoms with Crippen LogP contribution in [0, 0.1) is 5.92 Å². The summed E-state index contributed by atoms with van der Waals surface area (Å²) in [4.78, 5) is 14.2. The minimum atomic E-state index is -3.52. The highest BCUT2D eigenvalue weighted by molar-refractivity contribution is 7.91. The standard InChI is InChI=1S/C16H19N3O4S2/c20-16(17-9-12-3-1-5-23-12)19-10-11-7-13(14(19)8-11)18-25(21,22)15-4-2-6-24-15/h1-6,11,13-14,18H,7-10H2,(H,17,20). The lowest BCUT2D eigenvalue weighted by atomic mass is 10.1. The molecule has 1 aliphatic heterocycles. The van der Waals surface area contributed by atoms with Gasteiger partial charge in [-0.2, -0.15) is 0 Å². The average molecular weight is 381 g/mol. The molecule has 9 heteroatoms. The van der Waals surface area contributed by atoms with E-state index in [4.69, 9.17) is 4.42 Å². The van der Waals surface area contributed by atoms with Gasteiger partial charge in [0, 0.05) is 12.6 Å². The molecule has 2 N–H and O–H groups in total. The Morgan fingerprint density at radius 1 is 1.32 bits per heavy atom. The van der Waals surface area contributed by atoms with Gasteiger partial charge in [0.1, 0.15) is 9.97 Å². The van der Waals surface area contributed by atoms with Gasteiger partial charge >= 0.3 is 6.03 Å². The van der Waals surface area contributed by atoms with Crippen LogP contribution >= 0.6 is 11.3 Å². The van der Waals surface area contributed by atoms with Crippen molar-refractivity contribution in [1.82, 2.24) is 14.9 Å². The molecule has 2 fully saturated rings. The Balaban J connectivity index is 1.40. The molecule has 2 aromatic rings. The Morgan fingerprint density at radius 2 is 2.20 bits per heavy atom. The van der Waals surface area contributed by atoms with Crippen molar-refractivity contribution in [2.24, 2.45) is 5.92 Å². The second-order valence-electron chi connectivity index (χ2n) is 6.46. The van der Waals surface area contributed by atoms with Crippen LogP contribution in [0.5, 0.6) is 0 Å². The molecule has 4 rings (SSSR count). The molecule has 3 unspecified atom stereocenters. The zero-order valence-electron chi connectivity index (χ0n) is 13.4. The molecule has 7 nitrogen and oxygen atoms in total. The molecule has 2 bridgehead atoms. The highest BCUT2D eigenvalue weighted by Gasteiger charge is 2.48. The van der Waals surface area contributed by atoms with Gasteiger partial charge in [0.15, 0.2) is 0 Å². The minimum Gasteiger partial charge on any atom is -0.467 e. The molecule has 2 amide bonds. The number of furan rings is 1. The van der Waals surface area contributed by atoms with E-state index in [0.29, 0.717) is 29.0 Å². The topological polar surface area (TPSA) is 91.7 Å². The summed E-state index contributed by atoms with van der Waals surface area (Å²) in [6, 6.07) is 6.37. The average Bonchev–Trinajstić information content (AvgIpc) is 3.36. The number of fused-ring (bicyclic) bond motifs is 2. The number of carbonyl (C=O) groups excluding carboxylic acids is 1. The summed E-state index contributed by atoms with van der Waals surface area (Å²) in [7, 11) is -3.52. The van der Waals surface area contributed by atoms with Crippen molar-refractivity contribution in [3.05, 3.63) is 41.7 Å². The molecule has 25 heavy (non-hydrogen) atoms. The normalized spacial score (nSPS) is 25.4. The molecule has 3 atom stereocenters. The van der Waals surface area contributed by atoms with Gasteiger partial charge in [0.2, 0.25) is 10.0 Å². The summed E-state index contributed by atoms with van der Waals surface area (Å²) in [6.45, 7) is 0.997. The minimum absolute atomic E-state index is 0.101. The number of thiophene rings is 1. The third-order valence-electron chi connectivity index (χ3n) is 4.80. The predicted octanol–water partition coefficient (Wildman–Crippen LogP) is 1.99. The van der Waals surface area contributed by atoms with Gasteiger partial charge < -0.3 is 14.6 Å². The lowest BCUT2D eigenvalue weighted by molar-refractivity contribution is 0.169. The fraction of sp³-hybridized carbons (Fsp3) is 0.438. The summed E-state index contributed by atoms with van der Waals surface area (Å²) >= 11 is 1.19. The first-order valence-electron chi connectivity index (χ1n) is 8.15. The summed E-state index contributed by atoms with van der Waals surface area (Å²) in [6.07, 6.45) is 3.18. The molecular weight excluding hydrogens is 362 g/mol. The van der Waals surface area contributed by atoms with Crippen LogP contribution in [0.2, 0.25) is 0 Å². The van der Waals surface area contributed by atoms with Gasteiger partial charge in [-0.1, -0.05) is 6.07 Å². The molecule has 3 heterocycles. The Hall–Kier alpha value is -1.84. The number of sulfonamides is 1. The van der Waals surface area contributed by atoms with Crippen molar-refractivity contribution in [2.45, 2.75) is 35.7 Å². The first kappa shape index (κ1) is 16.6. The highest BCUT2D eigenvalue weighted by Crippen LogP contribution is 2.38. The van der Waals surface area contributed by atoms with Gasteiger partial charge in [-0.05, 0) is 42.3 Å². The number of amides is 2. The van der Waals surface area contributed by atoms with Crippen LogP contribution in [0.15, 0.2) is 44.5 Å². The molecule has 2 aromatic heterocycles. The van der Waals surface area contributed by atoms with E-state index in [-0.39, 0.29) is 18.1 Å². The molecular formula is C16H19N3O4S2. The fourth-order valence-electron chi connectivity index (χ4n) is 3.74. The zero-order valence-corrected chi connectivity index (χ0v) is 15.1. The lowest BCUT2D eigenvalue weighted by Crippen LogP contribution is -2.54. The third kappa shape index (κ3) is 3.31. The van der Waals surface area contributed by atoms with E-state index >= 15 is 0 Å². The summed E-state index contributed by atoms with van der Waals surface area (Å²) < 4.78 is 33.2. The van der Waals surface area contributed by atoms with Crippen LogP contribution in [0.4, 0.5) is 4.79 Å². The van der Waals surface area contributed by atoms with Crippen molar-refractivity contribution in [3.63, 3.8) is 0 Å². The van der Waals surface area contributed by atoms with Gasteiger partial charge in [-0.25, -0.2) is 17.9 Å². The van der Waals surface area contributed by atoms with Crippen LogP contribution in [-0.4, -0.2) is 38.0 Å². The van der Waals surface area contributed by atoms with E-state index in [1.807, 2.05) is 0 Å². The maximum absolute atomic E-state index is 12.5. The van der Waals surface area contributed by atoms with E-state index in [9.17, 15) is 13.2 Å². The first-order chi connectivity index (χ1) is 12.0. The molecule has 2 aliphatic rings. The molecule has 1 aliphatic carbocycles. The van der Waals surface area contributed by atoms with Crippen LogP contribution in [-0.2, 0) is 16.6 Å². The third-order valence-corrected chi connectivity index (χ3v) is 7.69. The van der Waals surface area contributed by atoms with Crippen LogP contribution < -0.4 is 10.0 Å². The summed E-state index contributed by atoms with van der Waals surface area (Å²) in [5.41, 5.74) is 0. The number of hydrogen-bond acceptors (Lipinski definition) is 5. The van der Waals surface area contributed by atoms with Crippen molar-refractivity contribution in [1.29, 1.82) is 0 Å². The number of nitrogens with one attached hydrogen (secondary N) is 2. The number of carbonyl (C=O) groups is 1. The van der Waals surface area contributed by atoms with Gasteiger partial charge in [0.05, 0.1) is 18.8 Å². The van der Waals surface area contributed by atoms with Gasteiger partial charge in [0.25, 0.3) is 0 Å². The van der Waals surface area contributed by atoms with Gasteiger partial charge in [-0.3, -0.25) is 0 Å². The summed E-state index contributed by atoms with van der Waals surface area (Å²) in [5, 5.41) is 4.58. The molecule has 0 spiro atoms. The number of rotatable bonds is 5. The fourth-order valence-corrected chi connectivity index (χ4v) is 6.03. The molecule has 1 saturated heterocycles. The van der Waals surface area contributed by atoms with Crippen LogP contribution in [0.25, 0.3) is 0 Å². The Labute approximate surface area is 150 Å². The SMILES string of the molecule is O=C(NCc1ccco1)N1CC2CC(NS(=O)(=O)c3cccs3)C1C2. The molecule has 0 aromatic carbocycles. The van der Waals surface area contributed by atoms with E-state index in [2.05, 4.69) is 10.0 Å². The van der Waals surface area contributed by atoms with Crippen molar-refractivity contribution >= 4 is 27.4 Å². The quantitative estimate of drug-likeness (QED) is 0.829. The number of piperidine rings is 1. The maximum atomic E-state index is 12.5. The molecule has 134 valence electrons. The zero-order chi connectivity index (χ0) is 17.4. The largest absolute Gasteiger partial charge is 0.467 e. The van der Waals surface area contributed by atoms with Crippen molar-refractivity contribution in [2.75, 3.05) is 6.54 Å². The highest BCUT2D eigenvalue weighted by atomic mass is 32.2. The second kappa shape index (κ2) is 6.47. The Morgan fingerprint density at radius 3 is 2.88 bits per heavy atom.